The fourth-order valence-corrected chi connectivity index (χ4v) is 1.35. The summed E-state index contributed by atoms with van der Waals surface area (Å²) in [5.41, 5.74) is -0.102. The van der Waals surface area contributed by atoms with Crippen LogP contribution in [-0.4, -0.2) is 34.0 Å². The smallest absolute Gasteiger partial charge is 0.256 e. The minimum atomic E-state index is -1.05. The predicted molar refractivity (Wildman–Crippen MR) is 51.4 cm³/mol. The number of nitrogens with zero attached hydrogens (tertiary/aromatic N) is 1. The van der Waals surface area contributed by atoms with Gasteiger partial charge in [0.25, 0.3) is 11.8 Å². The van der Waals surface area contributed by atoms with Crippen LogP contribution in [0.4, 0.5) is 0 Å². The summed E-state index contributed by atoms with van der Waals surface area (Å²) in [5, 5.41) is 9.52. The second-order valence-electron chi connectivity index (χ2n) is 4.26. The lowest BCUT2D eigenvalue weighted by Gasteiger charge is -2.24. The second kappa shape index (κ2) is 3.20. The summed E-state index contributed by atoms with van der Waals surface area (Å²) in [5.74, 6) is -0.593. The minimum absolute atomic E-state index is 0.0410. The van der Waals surface area contributed by atoms with Crippen LogP contribution in [0.3, 0.4) is 0 Å². The lowest BCUT2D eigenvalue weighted by Crippen LogP contribution is -2.42. The van der Waals surface area contributed by atoms with Gasteiger partial charge < -0.3 is 5.11 Å². The van der Waals surface area contributed by atoms with Crippen LogP contribution in [0.1, 0.15) is 27.7 Å². The van der Waals surface area contributed by atoms with Crippen molar-refractivity contribution in [2.75, 3.05) is 6.54 Å². The molecule has 1 aliphatic rings. The number of rotatable bonds is 2. The third-order valence-electron chi connectivity index (χ3n) is 2.24. The van der Waals surface area contributed by atoms with E-state index in [1.165, 1.54) is 0 Å². The molecular weight excluding hydrogens is 182 g/mol. The quantitative estimate of drug-likeness (QED) is 0.654. The summed E-state index contributed by atoms with van der Waals surface area (Å²) in [6, 6.07) is 0. The van der Waals surface area contributed by atoms with Crippen molar-refractivity contribution >= 4 is 11.8 Å². The summed E-state index contributed by atoms with van der Waals surface area (Å²) in [4.78, 5) is 24.2. The van der Waals surface area contributed by atoms with Crippen LogP contribution in [0.25, 0.3) is 0 Å². The molecule has 0 aromatic rings. The first-order valence-electron chi connectivity index (χ1n) is 4.50. The molecule has 1 heterocycles. The van der Waals surface area contributed by atoms with Crippen molar-refractivity contribution < 1.29 is 14.7 Å². The molecule has 0 aromatic carbocycles. The molecule has 0 aromatic heterocycles. The largest absolute Gasteiger partial charge is 0.389 e. The molecule has 0 atom stereocenters. The molecule has 0 bridgehead atoms. The topological polar surface area (TPSA) is 57.6 Å². The Balaban J connectivity index is 2.88. The van der Waals surface area contributed by atoms with Crippen LogP contribution in [0, 0.1) is 0 Å². The van der Waals surface area contributed by atoms with Gasteiger partial charge >= 0.3 is 0 Å². The first-order valence-corrected chi connectivity index (χ1v) is 4.50. The first-order chi connectivity index (χ1) is 6.24. The highest BCUT2D eigenvalue weighted by molar-refractivity contribution is 6.18. The standard InChI is InChI=1S/C10H15NO3/c1-6-7(2)9(13)11(8(6)12)5-10(3,4)14/h14H,5H2,1-4H3. The normalized spacial score (nSPS) is 18.5. The van der Waals surface area contributed by atoms with Gasteiger partial charge in [0.1, 0.15) is 0 Å². The molecule has 0 aliphatic carbocycles. The van der Waals surface area contributed by atoms with Gasteiger partial charge in [-0.3, -0.25) is 14.5 Å². The fraction of sp³-hybridized carbons (Fsp3) is 0.600. The number of carbonyl (C=O) groups excluding carboxylic acids is 2. The number of imide groups is 1. The van der Waals surface area contributed by atoms with Crippen LogP contribution in [0.2, 0.25) is 0 Å². The number of aliphatic hydroxyl groups is 1. The van der Waals surface area contributed by atoms with Crippen molar-refractivity contribution in [2.45, 2.75) is 33.3 Å². The van der Waals surface area contributed by atoms with Crippen molar-refractivity contribution in [2.24, 2.45) is 0 Å². The lowest BCUT2D eigenvalue weighted by molar-refractivity contribution is -0.140. The van der Waals surface area contributed by atoms with E-state index >= 15 is 0 Å². The van der Waals surface area contributed by atoms with Gasteiger partial charge in [-0.1, -0.05) is 0 Å². The zero-order chi connectivity index (χ0) is 11.1. The van der Waals surface area contributed by atoms with E-state index in [4.69, 9.17) is 0 Å². The average Bonchev–Trinajstić information content (AvgIpc) is 2.20. The van der Waals surface area contributed by atoms with Crippen LogP contribution < -0.4 is 0 Å². The molecule has 0 saturated heterocycles. The zero-order valence-electron chi connectivity index (χ0n) is 8.92. The molecule has 1 aliphatic heterocycles. The van der Waals surface area contributed by atoms with E-state index in [1.807, 2.05) is 0 Å². The Bertz CT molecular complexity index is 299. The van der Waals surface area contributed by atoms with Gasteiger partial charge in [-0.25, -0.2) is 0 Å². The Kier molecular flexibility index (Phi) is 2.50. The molecule has 0 saturated carbocycles. The Hall–Kier alpha value is -1.16. The summed E-state index contributed by atoms with van der Waals surface area (Å²) in [6.07, 6.45) is 0. The highest BCUT2D eigenvalue weighted by Gasteiger charge is 2.35. The third-order valence-corrected chi connectivity index (χ3v) is 2.24. The van der Waals surface area contributed by atoms with Crippen LogP contribution in [-0.2, 0) is 9.59 Å². The van der Waals surface area contributed by atoms with Crippen molar-refractivity contribution in [1.29, 1.82) is 0 Å². The highest BCUT2D eigenvalue weighted by atomic mass is 16.3. The molecule has 1 N–H and O–H groups in total. The molecule has 0 fully saturated rings. The molecule has 2 amide bonds. The molecule has 4 heteroatoms. The lowest BCUT2D eigenvalue weighted by atomic mass is 10.1. The van der Waals surface area contributed by atoms with Crippen molar-refractivity contribution in [3.05, 3.63) is 11.1 Å². The van der Waals surface area contributed by atoms with E-state index < -0.39 is 5.60 Å². The predicted octanol–water partition coefficient (Wildman–Crippen LogP) is 0.463. The number of carbonyl (C=O) groups is 2. The summed E-state index contributed by atoms with van der Waals surface area (Å²) < 4.78 is 0. The van der Waals surface area contributed by atoms with Gasteiger partial charge in [-0.15, -0.1) is 0 Å². The zero-order valence-corrected chi connectivity index (χ0v) is 8.92. The Morgan fingerprint density at radius 2 is 1.50 bits per heavy atom. The Morgan fingerprint density at radius 3 is 1.79 bits per heavy atom. The number of hydrogen-bond acceptors (Lipinski definition) is 3. The molecule has 0 unspecified atom stereocenters. The summed E-state index contributed by atoms with van der Waals surface area (Å²) >= 11 is 0. The number of hydrogen-bond donors (Lipinski definition) is 1. The van der Waals surface area contributed by atoms with Gasteiger partial charge in [0, 0.05) is 11.1 Å². The summed E-state index contributed by atoms with van der Waals surface area (Å²) in [7, 11) is 0. The van der Waals surface area contributed by atoms with Gasteiger partial charge in [0.2, 0.25) is 0 Å². The van der Waals surface area contributed by atoms with Crippen molar-refractivity contribution in [3.63, 3.8) is 0 Å². The highest BCUT2D eigenvalue weighted by Crippen LogP contribution is 2.21. The minimum Gasteiger partial charge on any atom is -0.389 e. The molecule has 78 valence electrons. The summed E-state index contributed by atoms with van der Waals surface area (Å²) in [6.45, 7) is 6.42. The SMILES string of the molecule is CC1=C(C)C(=O)N(CC(C)(C)O)C1=O. The molecule has 1 rings (SSSR count). The Morgan fingerprint density at radius 1 is 1.14 bits per heavy atom. The van der Waals surface area contributed by atoms with Gasteiger partial charge in [-0.05, 0) is 27.7 Å². The van der Waals surface area contributed by atoms with Gasteiger partial charge in [0.15, 0.2) is 0 Å². The molecule has 4 nitrogen and oxygen atoms in total. The average molecular weight is 197 g/mol. The Labute approximate surface area is 83.2 Å². The van der Waals surface area contributed by atoms with Gasteiger partial charge in [-0.2, -0.15) is 0 Å². The molecule has 0 radical (unpaired) electrons. The first kappa shape index (κ1) is 10.9. The van der Waals surface area contributed by atoms with E-state index in [9.17, 15) is 14.7 Å². The fourth-order valence-electron chi connectivity index (χ4n) is 1.35. The van der Waals surface area contributed by atoms with E-state index in [2.05, 4.69) is 0 Å². The van der Waals surface area contributed by atoms with Crippen LogP contribution >= 0.6 is 0 Å². The molecular formula is C10H15NO3. The monoisotopic (exact) mass is 197 g/mol. The number of amides is 2. The van der Waals surface area contributed by atoms with E-state index in [0.717, 1.165) is 4.90 Å². The van der Waals surface area contributed by atoms with E-state index in [1.54, 1.807) is 27.7 Å². The third kappa shape index (κ3) is 1.85. The maximum absolute atomic E-state index is 11.5. The van der Waals surface area contributed by atoms with E-state index in [-0.39, 0.29) is 18.4 Å². The molecule has 14 heavy (non-hydrogen) atoms. The van der Waals surface area contributed by atoms with Gasteiger partial charge in [0.05, 0.1) is 12.1 Å². The maximum Gasteiger partial charge on any atom is 0.256 e. The number of β-amino-alcohol motifs (C(OH)–C–C–N with tert-alkyl or cyclic N) is 1. The molecule has 0 spiro atoms. The van der Waals surface area contributed by atoms with Crippen molar-refractivity contribution in [1.82, 2.24) is 4.90 Å². The van der Waals surface area contributed by atoms with E-state index in [0.29, 0.717) is 11.1 Å². The van der Waals surface area contributed by atoms with Crippen molar-refractivity contribution in [3.8, 4) is 0 Å². The maximum atomic E-state index is 11.5. The van der Waals surface area contributed by atoms with Crippen LogP contribution in [0.15, 0.2) is 11.1 Å². The second-order valence-corrected chi connectivity index (χ2v) is 4.26. The van der Waals surface area contributed by atoms with Crippen LogP contribution in [0.5, 0.6) is 0 Å².